The molecule has 2 aliphatic rings. The Labute approximate surface area is 191 Å². The number of anilines is 3. The lowest BCUT2D eigenvalue weighted by Crippen LogP contribution is -2.47. The van der Waals surface area contributed by atoms with Crippen LogP contribution in [0.3, 0.4) is 0 Å². The van der Waals surface area contributed by atoms with Gasteiger partial charge in [-0.05, 0) is 44.0 Å². The van der Waals surface area contributed by atoms with Crippen LogP contribution in [-0.4, -0.2) is 58.7 Å². The van der Waals surface area contributed by atoms with Gasteiger partial charge in [0, 0.05) is 62.8 Å². The molecule has 1 atom stereocenters. The molecule has 0 saturated carbocycles. The molecular formula is C23H25ClFN7. The van der Waals surface area contributed by atoms with Gasteiger partial charge in [-0.2, -0.15) is 4.98 Å². The molecule has 2 aliphatic heterocycles. The summed E-state index contributed by atoms with van der Waals surface area (Å²) in [6, 6.07) is 8.92. The predicted molar refractivity (Wildman–Crippen MR) is 125 cm³/mol. The molecule has 0 aliphatic carbocycles. The third kappa shape index (κ3) is 4.19. The van der Waals surface area contributed by atoms with E-state index in [0.29, 0.717) is 6.04 Å². The molecule has 2 fully saturated rings. The van der Waals surface area contributed by atoms with Crippen LogP contribution >= 0.6 is 11.6 Å². The van der Waals surface area contributed by atoms with Crippen molar-refractivity contribution in [2.24, 2.45) is 0 Å². The quantitative estimate of drug-likeness (QED) is 0.590. The summed E-state index contributed by atoms with van der Waals surface area (Å²) in [5, 5.41) is 0.0928. The number of halogens is 2. The molecule has 0 radical (unpaired) electrons. The Bertz CT molecular complexity index is 1090. The van der Waals surface area contributed by atoms with Crippen molar-refractivity contribution in [1.82, 2.24) is 19.9 Å². The number of hydrogen-bond donors (Lipinski definition) is 0. The average Bonchev–Trinajstić information content (AvgIpc) is 3.27. The highest BCUT2D eigenvalue weighted by Crippen LogP contribution is 2.31. The highest BCUT2D eigenvalue weighted by molar-refractivity contribution is 6.31. The number of rotatable bonds is 4. The summed E-state index contributed by atoms with van der Waals surface area (Å²) in [7, 11) is 0. The third-order valence-electron chi connectivity index (χ3n) is 6.16. The standard InChI is InChI=1S/C23H25ClFN7/c1-16-4-2-9-32(16)23-28-20(17-5-6-19(25)18(24)14-17)15-21(29-23)30-10-12-31(13-11-30)22-26-7-3-8-27-22/h3,5-8,14-16H,2,4,9-13H2,1H3. The fourth-order valence-corrected chi connectivity index (χ4v) is 4.52. The molecule has 0 spiro atoms. The molecule has 1 unspecified atom stereocenters. The van der Waals surface area contributed by atoms with E-state index in [9.17, 15) is 4.39 Å². The predicted octanol–water partition coefficient (Wildman–Crippen LogP) is 4.04. The van der Waals surface area contributed by atoms with Gasteiger partial charge in [0.25, 0.3) is 0 Å². The minimum atomic E-state index is -0.433. The largest absolute Gasteiger partial charge is 0.353 e. The molecule has 32 heavy (non-hydrogen) atoms. The molecule has 3 aromatic rings. The molecule has 7 nitrogen and oxygen atoms in total. The first-order valence-corrected chi connectivity index (χ1v) is 11.3. The van der Waals surface area contributed by atoms with Gasteiger partial charge in [0.15, 0.2) is 0 Å². The Morgan fingerprint density at radius 1 is 0.938 bits per heavy atom. The Hall–Kier alpha value is -3.00. The summed E-state index contributed by atoms with van der Waals surface area (Å²) >= 11 is 6.06. The van der Waals surface area contributed by atoms with Gasteiger partial charge < -0.3 is 14.7 Å². The fourth-order valence-electron chi connectivity index (χ4n) is 4.34. The monoisotopic (exact) mass is 453 g/mol. The lowest BCUT2D eigenvalue weighted by Gasteiger charge is -2.36. The van der Waals surface area contributed by atoms with Gasteiger partial charge in [-0.3, -0.25) is 0 Å². The average molecular weight is 454 g/mol. The summed E-state index contributed by atoms with van der Waals surface area (Å²) in [6.45, 7) is 6.35. The van der Waals surface area contributed by atoms with Crippen LogP contribution in [-0.2, 0) is 0 Å². The highest BCUT2D eigenvalue weighted by Gasteiger charge is 2.26. The maximum Gasteiger partial charge on any atom is 0.228 e. The van der Waals surface area contributed by atoms with Crippen LogP contribution in [0.2, 0.25) is 5.02 Å². The van der Waals surface area contributed by atoms with Gasteiger partial charge in [0.2, 0.25) is 11.9 Å². The van der Waals surface area contributed by atoms with Crippen LogP contribution < -0.4 is 14.7 Å². The molecule has 0 N–H and O–H groups in total. The first kappa shape index (κ1) is 20.9. The lowest BCUT2D eigenvalue weighted by molar-refractivity contribution is 0.628. The molecule has 0 bridgehead atoms. The van der Waals surface area contributed by atoms with Crippen LogP contribution in [0.1, 0.15) is 19.8 Å². The van der Waals surface area contributed by atoms with Gasteiger partial charge in [-0.25, -0.2) is 19.3 Å². The van der Waals surface area contributed by atoms with Crippen molar-refractivity contribution in [3.8, 4) is 11.3 Å². The van der Waals surface area contributed by atoms with E-state index in [0.717, 1.165) is 74.5 Å². The van der Waals surface area contributed by atoms with Gasteiger partial charge in [-0.15, -0.1) is 0 Å². The van der Waals surface area contributed by atoms with Crippen LogP contribution in [0.5, 0.6) is 0 Å². The van der Waals surface area contributed by atoms with Crippen molar-refractivity contribution >= 4 is 29.3 Å². The zero-order valence-electron chi connectivity index (χ0n) is 18.0. The molecule has 2 saturated heterocycles. The van der Waals surface area contributed by atoms with Gasteiger partial charge >= 0.3 is 0 Å². The molecule has 0 amide bonds. The lowest BCUT2D eigenvalue weighted by atomic mass is 10.1. The topological polar surface area (TPSA) is 61.3 Å². The Balaban J connectivity index is 1.45. The van der Waals surface area contributed by atoms with E-state index in [1.54, 1.807) is 24.5 Å². The summed E-state index contributed by atoms with van der Waals surface area (Å²) in [5.41, 5.74) is 1.53. The van der Waals surface area contributed by atoms with Crippen molar-refractivity contribution in [2.75, 3.05) is 47.4 Å². The maximum absolute atomic E-state index is 13.7. The number of nitrogens with zero attached hydrogens (tertiary/aromatic N) is 7. The summed E-state index contributed by atoms with van der Waals surface area (Å²) < 4.78 is 13.7. The summed E-state index contributed by atoms with van der Waals surface area (Å²) in [6.07, 6.45) is 5.79. The van der Waals surface area contributed by atoms with E-state index in [4.69, 9.17) is 21.6 Å². The number of benzene rings is 1. The van der Waals surface area contributed by atoms with Gasteiger partial charge in [0.05, 0.1) is 10.7 Å². The van der Waals surface area contributed by atoms with Gasteiger partial charge in [-0.1, -0.05) is 11.6 Å². The zero-order valence-corrected chi connectivity index (χ0v) is 18.7. The van der Waals surface area contributed by atoms with Crippen LogP contribution in [0.25, 0.3) is 11.3 Å². The molecule has 9 heteroatoms. The number of piperazine rings is 1. The fraction of sp³-hybridized carbons (Fsp3) is 0.391. The van der Waals surface area contributed by atoms with Crippen molar-refractivity contribution < 1.29 is 4.39 Å². The van der Waals surface area contributed by atoms with E-state index >= 15 is 0 Å². The van der Waals surface area contributed by atoms with Crippen molar-refractivity contribution in [3.05, 3.63) is 53.6 Å². The number of aromatic nitrogens is 4. The minimum Gasteiger partial charge on any atom is -0.353 e. The van der Waals surface area contributed by atoms with Crippen LogP contribution in [0.4, 0.5) is 22.1 Å². The molecule has 4 heterocycles. The Morgan fingerprint density at radius 2 is 1.69 bits per heavy atom. The first-order chi connectivity index (χ1) is 15.6. The van der Waals surface area contributed by atoms with Gasteiger partial charge in [0.1, 0.15) is 11.6 Å². The van der Waals surface area contributed by atoms with E-state index in [1.807, 2.05) is 12.1 Å². The van der Waals surface area contributed by atoms with Crippen molar-refractivity contribution in [3.63, 3.8) is 0 Å². The number of hydrogen-bond acceptors (Lipinski definition) is 7. The van der Waals surface area contributed by atoms with Crippen molar-refractivity contribution in [2.45, 2.75) is 25.8 Å². The Kier molecular flexibility index (Phi) is 5.78. The first-order valence-electron chi connectivity index (χ1n) is 11.0. The molecule has 166 valence electrons. The molecule has 5 rings (SSSR count). The summed E-state index contributed by atoms with van der Waals surface area (Å²) in [5.74, 6) is 1.91. The maximum atomic E-state index is 13.7. The normalized spacial score (nSPS) is 19.0. The van der Waals surface area contributed by atoms with E-state index in [1.165, 1.54) is 6.07 Å². The van der Waals surface area contributed by atoms with E-state index in [2.05, 4.69) is 31.6 Å². The SMILES string of the molecule is CC1CCCN1c1nc(-c2ccc(F)c(Cl)c2)cc(N2CCN(c3ncccn3)CC2)n1. The molecule has 2 aromatic heterocycles. The van der Waals surface area contributed by atoms with Crippen molar-refractivity contribution in [1.29, 1.82) is 0 Å². The van der Waals surface area contributed by atoms with E-state index in [-0.39, 0.29) is 5.02 Å². The molecule has 1 aromatic carbocycles. The second kappa shape index (κ2) is 8.86. The summed E-state index contributed by atoms with van der Waals surface area (Å²) in [4.78, 5) is 25.2. The smallest absolute Gasteiger partial charge is 0.228 e. The minimum absolute atomic E-state index is 0.0928. The Morgan fingerprint density at radius 3 is 2.38 bits per heavy atom. The second-order valence-corrected chi connectivity index (χ2v) is 8.66. The highest BCUT2D eigenvalue weighted by atomic mass is 35.5. The van der Waals surface area contributed by atoms with Crippen LogP contribution in [0.15, 0.2) is 42.7 Å². The van der Waals surface area contributed by atoms with Crippen LogP contribution in [0, 0.1) is 5.82 Å². The zero-order chi connectivity index (χ0) is 22.1. The van der Waals surface area contributed by atoms with E-state index < -0.39 is 5.82 Å². The molecular weight excluding hydrogens is 429 g/mol. The third-order valence-corrected chi connectivity index (χ3v) is 6.45. The second-order valence-electron chi connectivity index (χ2n) is 8.25.